The molecule has 0 spiro atoms. The molecule has 2 rings (SSSR count). The lowest BCUT2D eigenvalue weighted by atomic mass is 10.2. The third-order valence-electron chi connectivity index (χ3n) is 2.88. The molecule has 0 saturated carbocycles. The Morgan fingerprint density at radius 3 is 1.95 bits per heavy atom. The first kappa shape index (κ1) is 14.5. The van der Waals surface area contributed by atoms with E-state index in [4.69, 9.17) is 9.47 Å². The largest absolute Gasteiger partial charge is 0.497 e. The summed E-state index contributed by atoms with van der Waals surface area (Å²) >= 11 is 1.77. The lowest BCUT2D eigenvalue weighted by Gasteiger charge is -2.01. The van der Waals surface area contributed by atoms with Crippen molar-refractivity contribution in [2.75, 3.05) is 14.2 Å². The van der Waals surface area contributed by atoms with E-state index in [1.54, 1.807) is 26.0 Å². The smallest absolute Gasteiger partial charge is 0.118 e. The first-order chi connectivity index (χ1) is 9.81. The molecule has 0 radical (unpaired) electrons. The van der Waals surface area contributed by atoms with Crippen molar-refractivity contribution in [3.05, 3.63) is 65.1 Å². The predicted octanol–water partition coefficient (Wildman–Crippen LogP) is 4.61. The van der Waals surface area contributed by atoms with Crippen LogP contribution in [0.5, 0.6) is 11.5 Å². The van der Waals surface area contributed by atoms with E-state index in [-0.39, 0.29) is 0 Å². The minimum Gasteiger partial charge on any atom is -0.497 e. The van der Waals surface area contributed by atoms with E-state index >= 15 is 0 Å². The summed E-state index contributed by atoms with van der Waals surface area (Å²) in [7, 11) is 3.36. The van der Waals surface area contributed by atoms with Gasteiger partial charge in [-0.1, -0.05) is 24.3 Å². The van der Waals surface area contributed by atoms with Crippen LogP contribution in [0, 0.1) is 0 Å². The third kappa shape index (κ3) is 4.35. The van der Waals surface area contributed by atoms with Crippen molar-refractivity contribution in [2.45, 2.75) is 5.75 Å². The molecule has 3 heteroatoms. The fraction of sp³-hybridized carbons (Fsp3) is 0.176. The second-order valence-electron chi connectivity index (χ2n) is 4.23. The van der Waals surface area contributed by atoms with Gasteiger partial charge < -0.3 is 9.47 Å². The highest BCUT2D eigenvalue weighted by atomic mass is 32.2. The van der Waals surface area contributed by atoms with E-state index in [1.807, 2.05) is 36.4 Å². The number of methoxy groups -OCH3 is 2. The van der Waals surface area contributed by atoms with Gasteiger partial charge in [0.05, 0.1) is 14.2 Å². The van der Waals surface area contributed by atoms with Crippen molar-refractivity contribution >= 4 is 17.8 Å². The number of thioether (sulfide) groups is 1. The average Bonchev–Trinajstić information content (AvgIpc) is 2.53. The monoisotopic (exact) mass is 286 g/mol. The van der Waals surface area contributed by atoms with Crippen LogP contribution in [0.25, 0.3) is 6.08 Å². The van der Waals surface area contributed by atoms with Gasteiger partial charge in [-0.3, -0.25) is 0 Å². The van der Waals surface area contributed by atoms with Gasteiger partial charge in [-0.15, -0.1) is 11.8 Å². The second-order valence-corrected chi connectivity index (χ2v) is 5.13. The van der Waals surface area contributed by atoms with Gasteiger partial charge in [0.25, 0.3) is 0 Å². The number of benzene rings is 2. The molecule has 0 bridgehead atoms. The van der Waals surface area contributed by atoms with Gasteiger partial charge in [0.1, 0.15) is 11.5 Å². The molecule has 0 fully saturated rings. The van der Waals surface area contributed by atoms with E-state index in [0.29, 0.717) is 0 Å². The Morgan fingerprint density at radius 1 is 0.850 bits per heavy atom. The molecule has 0 atom stereocenters. The molecule has 2 aromatic rings. The maximum atomic E-state index is 5.14. The molecule has 0 aliphatic rings. The van der Waals surface area contributed by atoms with Gasteiger partial charge in [-0.2, -0.15) is 0 Å². The zero-order valence-electron chi connectivity index (χ0n) is 11.7. The van der Waals surface area contributed by atoms with Gasteiger partial charge in [0.2, 0.25) is 0 Å². The zero-order chi connectivity index (χ0) is 14.2. The molecule has 20 heavy (non-hydrogen) atoms. The van der Waals surface area contributed by atoms with E-state index in [2.05, 4.69) is 23.6 Å². The summed E-state index contributed by atoms with van der Waals surface area (Å²) in [6, 6.07) is 16.2. The number of hydrogen-bond acceptors (Lipinski definition) is 3. The number of hydrogen-bond donors (Lipinski definition) is 0. The Labute approximate surface area is 124 Å². The molecule has 0 amide bonds. The van der Waals surface area contributed by atoms with Crippen molar-refractivity contribution in [2.24, 2.45) is 0 Å². The van der Waals surface area contributed by atoms with Crippen molar-refractivity contribution in [3.8, 4) is 11.5 Å². The summed E-state index contributed by atoms with van der Waals surface area (Å²) in [6.45, 7) is 0. The minimum absolute atomic E-state index is 0.882. The summed E-state index contributed by atoms with van der Waals surface area (Å²) in [6.07, 6.45) is 2.10. The van der Waals surface area contributed by atoms with Gasteiger partial charge in [-0.05, 0) is 46.9 Å². The molecule has 0 N–H and O–H groups in total. The van der Waals surface area contributed by atoms with E-state index < -0.39 is 0 Å². The minimum atomic E-state index is 0.882. The molecule has 0 aliphatic heterocycles. The van der Waals surface area contributed by atoms with Gasteiger partial charge in [-0.25, -0.2) is 0 Å². The van der Waals surface area contributed by atoms with E-state index in [1.165, 1.54) is 11.1 Å². The van der Waals surface area contributed by atoms with Crippen LogP contribution in [-0.2, 0) is 5.75 Å². The van der Waals surface area contributed by atoms with Crippen molar-refractivity contribution in [1.82, 2.24) is 0 Å². The summed E-state index contributed by atoms with van der Waals surface area (Å²) in [4.78, 5) is 0. The second kappa shape index (κ2) is 7.65. The molecule has 2 nitrogen and oxygen atoms in total. The lowest BCUT2D eigenvalue weighted by molar-refractivity contribution is 0.414. The lowest BCUT2D eigenvalue weighted by Crippen LogP contribution is -1.83. The Hall–Kier alpha value is -1.87. The Balaban J connectivity index is 1.83. The fourth-order valence-corrected chi connectivity index (χ4v) is 2.44. The van der Waals surface area contributed by atoms with E-state index in [0.717, 1.165) is 17.3 Å². The van der Waals surface area contributed by atoms with Crippen LogP contribution >= 0.6 is 11.8 Å². The fourth-order valence-electron chi connectivity index (χ4n) is 1.71. The quantitative estimate of drug-likeness (QED) is 0.772. The average molecular weight is 286 g/mol. The van der Waals surface area contributed by atoms with Gasteiger partial charge >= 0.3 is 0 Å². The van der Waals surface area contributed by atoms with Crippen molar-refractivity contribution < 1.29 is 9.47 Å². The standard InChI is InChI=1S/C17H18O2S/c1-18-16-7-3-14(4-8-16)11-12-20-13-15-5-9-17(19-2)10-6-15/h3-12H,13H2,1-2H3. The Bertz CT molecular complexity index is 544. The van der Waals surface area contributed by atoms with Crippen LogP contribution in [0.2, 0.25) is 0 Å². The van der Waals surface area contributed by atoms with Crippen molar-refractivity contribution in [3.63, 3.8) is 0 Å². The summed E-state index contributed by atoms with van der Waals surface area (Å²) in [5.41, 5.74) is 2.46. The molecule has 0 heterocycles. The van der Waals surface area contributed by atoms with Crippen LogP contribution in [0.4, 0.5) is 0 Å². The number of rotatable bonds is 6. The van der Waals surface area contributed by atoms with Crippen LogP contribution in [0.3, 0.4) is 0 Å². The Morgan fingerprint density at radius 2 is 1.40 bits per heavy atom. The van der Waals surface area contributed by atoms with Gasteiger partial charge in [0.15, 0.2) is 0 Å². The highest BCUT2D eigenvalue weighted by molar-refractivity contribution is 8.01. The molecule has 2 aromatic carbocycles. The van der Waals surface area contributed by atoms with Crippen LogP contribution in [-0.4, -0.2) is 14.2 Å². The third-order valence-corrected chi connectivity index (χ3v) is 3.71. The SMILES string of the molecule is COc1ccc(C=CSCc2ccc(OC)cc2)cc1. The molecular weight excluding hydrogens is 268 g/mol. The van der Waals surface area contributed by atoms with Crippen molar-refractivity contribution in [1.29, 1.82) is 0 Å². The summed E-state index contributed by atoms with van der Waals surface area (Å²) < 4.78 is 10.3. The van der Waals surface area contributed by atoms with E-state index in [9.17, 15) is 0 Å². The maximum absolute atomic E-state index is 5.14. The molecule has 0 saturated heterocycles. The first-order valence-corrected chi connectivity index (χ1v) is 7.42. The highest BCUT2D eigenvalue weighted by Crippen LogP contribution is 2.19. The molecule has 0 aliphatic carbocycles. The molecule has 0 unspecified atom stereocenters. The van der Waals surface area contributed by atoms with Crippen LogP contribution < -0.4 is 9.47 Å². The summed E-state index contributed by atoms with van der Waals surface area (Å²) in [5, 5.41) is 2.12. The normalized spacial score (nSPS) is 10.7. The maximum Gasteiger partial charge on any atom is 0.118 e. The highest BCUT2D eigenvalue weighted by Gasteiger charge is 1.94. The Kier molecular flexibility index (Phi) is 5.56. The predicted molar refractivity (Wildman–Crippen MR) is 86.3 cm³/mol. The topological polar surface area (TPSA) is 18.5 Å². The van der Waals surface area contributed by atoms with Crippen LogP contribution in [0.15, 0.2) is 53.9 Å². The van der Waals surface area contributed by atoms with Crippen LogP contribution in [0.1, 0.15) is 11.1 Å². The number of ether oxygens (including phenoxy) is 2. The zero-order valence-corrected chi connectivity index (χ0v) is 12.5. The molecule has 104 valence electrons. The summed E-state index contributed by atoms with van der Waals surface area (Å²) in [5.74, 6) is 2.73. The first-order valence-electron chi connectivity index (χ1n) is 6.37. The molecular formula is C17H18O2S. The molecule has 0 aromatic heterocycles. The van der Waals surface area contributed by atoms with Gasteiger partial charge in [0, 0.05) is 5.75 Å².